The molecule has 0 radical (unpaired) electrons. The molecule has 0 aromatic heterocycles. The smallest absolute Gasteiger partial charge is 0.415 e. The molecular formula is C5H11NO2S3. The minimum atomic E-state index is -0.987. The van der Waals surface area contributed by atoms with E-state index >= 15 is 0 Å². The maximum Gasteiger partial charge on any atom is 0.415 e. The summed E-state index contributed by atoms with van der Waals surface area (Å²) in [5.74, 6) is 1.08. The number of carboxylic acid groups (broad SMARTS) is 1. The molecule has 6 heteroatoms. The first kappa shape index (κ1) is 11.3. The van der Waals surface area contributed by atoms with Gasteiger partial charge in [0.05, 0.1) is 0 Å². The lowest BCUT2D eigenvalue weighted by Gasteiger charge is -1.97. The van der Waals surface area contributed by atoms with Gasteiger partial charge < -0.3 is 5.11 Å². The summed E-state index contributed by atoms with van der Waals surface area (Å²) in [5, 5.41) is 8.16. The maximum absolute atomic E-state index is 9.93. The van der Waals surface area contributed by atoms with Crippen molar-refractivity contribution in [3.8, 4) is 0 Å². The SMILES string of the molecule is CCCCSSSNC(=O)O. The van der Waals surface area contributed by atoms with Crippen molar-refractivity contribution in [2.45, 2.75) is 19.8 Å². The molecule has 0 aliphatic heterocycles. The Morgan fingerprint density at radius 3 is 2.91 bits per heavy atom. The van der Waals surface area contributed by atoms with Gasteiger partial charge >= 0.3 is 6.09 Å². The minimum Gasteiger partial charge on any atom is -0.464 e. The summed E-state index contributed by atoms with van der Waals surface area (Å²) in [5.41, 5.74) is 0. The Balaban J connectivity index is 2.85. The van der Waals surface area contributed by atoms with Crippen LogP contribution >= 0.6 is 31.6 Å². The predicted molar refractivity (Wildman–Crippen MR) is 53.7 cm³/mol. The van der Waals surface area contributed by atoms with Crippen LogP contribution < -0.4 is 4.72 Å². The van der Waals surface area contributed by atoms with E-state index in [4.69, 9.17) is 5.11 Å². The zero-order valence-electron chi connectivity index (χ0n) is 6.20. The van der Waals surface area contributed by atoms with E-state index in [0.29, 0.717) is 0 Å². The van der Waals surface area contributed by atoms with Crippen LogP contribution in [0.5, 0.6) is 0 Å². The van der Waals surface area contributed by atoms with Gasteiger partial charge in [0.25, 0.3) is 0 Å². The topological polar surface area (TPSA) is 49.3 Å². The Morgan fingerprint density at radius 1 is 1.64 bits per heavy atom. The van der Waals surface area contributed by atoms with Crippen LogP contribution in [-0.4, -0.2) is 17.0 Å². The molecule has 0 spiro atoms. The van der Waals surface area contributed by atoms with Crippen LogP contribution in [0, 0.1) is 0 Å². The van der Waals surface area contributed by atoms with Crippen molar-refractivity contribution in [2.24, 2.45) is 0 Å². The zero-order valence-corrected chi connectivity index (χ0v) is 8.65. The fourth-order valence-electron chi connectivity index (χ4n) is 0.314. The molecule has 1 amide bonds. The van der Waals surface area contributed by atoms with Crippen molar-refractivity contribution < 1.29 is 9.90 Å². The van der Waals surface area contributed by atoms with E-state index in [0.717, 1.165) is 16.7 Å². The Kier molecular flexibility index (Phi) is 8.66. The molecule has 0 saturated carbocycles. The number of hydrogen-bond acceptors (Lipinski definition) is 4. The van der Waals surface area contributed by atoms with Crippen molar-refractivity contribution in [1.29, 1.82) is 0 Å². The zero-order chi connectivity index (χ0) is 8.53. The summed E-state index contributed by atoms with van der Waals surface area (Å²) in [6.45, 7) is 2.13. The standard InChI is InChI=1S/C5H11NO2S3/c1-2-3-4-9-11-10-6-5(7)8/h6H,2-4H2,1H3,(H,7,8). The molecule has 0 atom stereocenters. The Labute approximate surface area is 78.0 Å². The predicted octanol–water partition coefficient (Wildman–Crippen LogP) is 3.00. The molecule has 0 aliphatic carbocycles. The summed E-state index contributed by atoms with van der Waals surface area (Å²) in [6.07, 6.45) is 1.38. The summed E-state index contributed by atoms with van der Waals surface area (Å²) in [4.78, 5) is 9.93. The summed E-state index contributed by atoms with van der Waals surface area (Å²) >= 11 is 0. The molecule has 0 aromatic rings. The van der Waals surface area contributed by atoms with E-state index in [2.05, 4.69) is 11.6 Å². The van der Waals surface area contributed by atoms with E-state index in [1.54, 1.807) is 10.8 Å². The first-order chi connectivity index (χ1) is 5.27. The highest BCUT2D eigenvalue weighted by molar-refractivity contribution is 9.09. The van der Waals surface area contributed by atoms with E-state index in [1.165, 1.54) is 22.7 Å². The molecular weight excluding hydrogens is 202 g/mol. The third-order valence-corrected chi connectivity index (χ3v) is 4.39. The van der Waals surface area contributed by atoms with Crippen LogP contribution in [0.25, 0.3) is 0 Å². The monoisotopic (exact) mass is 213 g/mol. The number of amides is 1. The molecule has 11 heavy (non-hydrogen) atoms. The quantitative estimate of drug-likeness (QED) is 0.403. The van der Waals surface area contributed by atoms with Crippen molar-refractivity contribution in [3.63, 3.8) is 0 Å². The number of carbonyl (C=O) groups is 1. The van der Waals surface area contributed by atoms with Crippen LogP contribution in [0.15, 0.2) is 0 Å². The number of rotatable bonds is 6. The van der Waals surface area contributed by atoms with Gasteiger partial charge in [-0.25, -0.2) is 4.79 Å². The molecule has 3 nitrogen and oxygen atoms in total. The van der Waals surface area contributed by atoms with E-state index < -0.39 is 6.09 Å². The van der Waals surface area contributed by atoms with Crippen LogP contribution in [0.2, 0.25) is 0 Å². The van der Waals surface area contributed by atoms with E-state index in [9.17, 15) is 4.79 Å². The molecule has 66 valence electrons. The fraction of sp³-hybridized carbons (Fsp3) is 0.800. The van der Waals surface area contributed by atoms with Gasteiger partial charge in [-0.05, 0) is 16.2 Å². The third-order valence-electron chi connectivity index (χ3n) is 0.792. The van der Waals surface area contributed by atoms with Gasteiger partial charge in [0.1, 0.15) is 0 Å². The van der Waals surface area contributed by atoms with E-state index in [1.807, 2.05) is 0 Å². The van der Waals surface area contributed by atoms with Gasteiger partial charge in [-0.3, -0.25) is 4.72 Å². The second-order valence-corrected chi connectivity index (χ2v) is 5.73. The van der Waals surface area contributed by atoms with Crippen molar-refractivity contribution in [2.75, 3.05) is 5.75 Å². The minimum absolute atomic E-state index is 0.987. The van der Waals surface area contributed by atoms with Crippen LogP contribution in [0.4, 0.5) is 4.79 Å². The Morgan fingerprint density at radius 2 is 2.36 bits per heavy atom. The van der Waals surface area contributed by atoms with Crippen molar-refractivity contribution in [3.05, 3.63) is 0 Å². The normalized spacial score (nSPS) is 9.55. The molecule has 0 saturated heterocycles. The van der Waals surface area contributed by atoms with Crippen molar-refractivity contribution in [1.82, 2.24) is 4.72 Å². The highest BCUT2D eigenvalue weighted by Crippen LogP contribution is 2.32. The molecule has 0 fully saturated rings. The molecule has 0 aromatic carbocycles. The summed E-state index contributed by atoms with van der Waals surface area (Å²) in [6, 6.07) is 0. The second-order valence-electron chi connectivity index (χ2n) is 1.73. The van der Waals surface area contributed by atoms with Gasteiger partial charge in [-0.2, -0.15) is 0 Å². The largest absolute Gasteiger partial charge is 0.464 e. The highest BCUT2D eigenvalue weighted by atomic mass is 33.5. The third kappa shape index (κ3) is 10.3. The fourth-order valence-corrected chi connectivity index (χ4v) is 3.31. The Bertz CT molecular complexity index is 112. The second kappa shape index (κ2) is 8.42. The first-order valence-corrected chi connectivity index (χ1v) is 6.86. The molecule has 2 N–H and O–H groups in total. The number of nitrogens with one attached hydrogen (secondary N) is 1. The van der Waals surface area contributed by atoms with Crippen molar-refractivity contribution >= 4 is 37.7 Å². The highest BCUT2D eigenvalue weighted by Gasteiger charge is 1.94. The van der Waals surface area contributed by atoms with E-state index in [-0.39, 0.29) is 0 Å². The van der Waals surface area contributed by atoms with Gasteiger partial charge in [0, 0.05) is 16.7 Å². The summed E-state index contributed by atoms with van der Waals surface area (Å²) < 4.78 is 2.20. The molecule has 0 heterocycles. The number of hydrogen-bond donors (Lipinski definition) is 2. The summed E-state index contributed by atoms with van der Waals surface area (Å²) in [7, 11) is 4.28. The van der Waals surface area contributed by atoms with Gasteiger partial charge in [0.15, 0.2) is 0 Å². The Hall–Kier alpha value is 0.320. The van der Waals surface area contributed by atoms with Gasteiger partial charge in [-0.15, -0.1) is 0 Å². The van der Waals surface area contributed by atoms with Crippen LogP contribution in [-0.2, 0) is 0 Å². The molecule has 0 rings (SSSR count). The lowest BCUT2D eigenvalue weighted by molar-refractivity contribution is 0.202. The van der Waals surface area contributed by atoms with Gasteiger partial charge in [-0.1, -0.05) is 24.1 Å². The lowest BCUT2D eigenvalue weighted by Crippen LogP contribution is -2.09. The molecule has 0 bridgehead atoms. The maximum atomic E-state index is 9.93. The molecule has 0 aliphatic rings. The van der Waals surface area contributed by atoms with Gasteiger partial charge in [0.2, 0.25) is 0 Å². The first-order valence-electron chi connectivity index (χ1n) is 3.21. The lowest BCUT2D eigenvalue weighted by atomic mass is 10.4. The average molecular weight is 213 g/mol. The van der Waals surface area contributed by atoms with Crippen LogP contribution in [0.1, 0.15) is 19.8 Å². The molecule has 0 unspecified atom stereocenters. The van der Waals surface area contributed by atoms with Crippen LogP contribution in [0.3, 0.4) is 0 Å². The average Bonchev–Trinajstić information content (AvgIpc) is 1.96. The number of unbranched alkanes of at least 4 members (excludes halogenated alkanes) is 1.